The lowest BCUT2D eigenvalue weighted by Crippen LogP contribution is -2.49. The molecule has 5 nitrogen and oxygen atoms in total. The number of carbonyl (C=O) groups excluding carboxylic acids is 2. The number of likely N-dealkylation sites (N-methyl/N-ethyl adjacent to an activating group) is 1. The van der Waals surface area contributed by atoms with Crippen molar-refractivity contribution in [3.63, 3.8) is 0 Å². The van der Waals surface area contributed by atoms with Crippen LogP contribution in [0.5, 0.6) is 5.75 Å². The molecule has 1 atom stereocenters. The molecule has 1 N–H and O–H groups in total. The van der Waals surface area contributed by atoms with Crippen molar-refractivity contribution < 1.29 is 14.3 Å². The fourth-order valence-corrected chi connectivity index (χ4v) is 2.96. The molecule has 0 aliphatic carbocycles. The second kappa shape index (κ2) is 10.3. The van der Waals surface area contributed by atoms with Crippen LogP contribution in [0, 0.1) is 6.92 Å². The normalized spacial score (nSPS) is 11.6. The zero-order chi connectivity index (χ0) is 20.7. The first-order valence-electron chi connectivity index (χ1n) is 9.03. The predicted molar refractivity (Wildman–Crippen MR) is 112 cm³/mol. The summed E-state index contributed by atoms with van der Waals surface area (Å²) in [5, 5.41) is 3.92. The third-order valence-corrected chi connectivity index (χ3v) is 5.10. The Morgan fingerprint density at radius 2 is 1.86 bits per heavy atom. The molecule has 0 radical (unpaired) electrons. The van der Waals surface area contributed by atoms with Gasteiger partial charge in [0.05, 0.1) is 0 Å². The predicted octanol–water partition coefficient (Wildman–Crippen LogP) is 4.23. The van der Waals surface area contributed by atoms with Gasteiger partial charge in [0, 0.05) is 23.1 Å². The first-order valence-corrected chi connectivity index (χ1v) is 9.78. The van der Waals surface area contributed by atoms with Crippen LogP contribution in [0.15, 0.2) is 42.5 Å². The Kier molecular flexibility index (Phi) is 8.15. The highest BCUT2D eigenvalue weighted by Gasteiger charge is 2.26. The number of hydrogen-bond donors (Lipinski definition) is 1. The lowest BCUT2D eigenvalue weighted by molar-refractivity contribution is -0.142. The average molecular weight is 423 g/mol. The number of carbonyl (C=O) groups is 2. The molecule has 28 heavy (non-hydrogen) atoms. The number of halogens is 2. The van der Waals surface area contributed by atoms with Crippen LogP contribution < -0.4 is 10.1 Å². The van der Waals surface area contributed by atoms with Gasteiger partial charge < -0.3 is 15.0 Å². The molecular formula is C21H24Cl2N2O3. The minimum atomic E-state index is -0.667. The third-order valence-electron chi connectivity index (χ3n) is 4.31. The van der Waals surface area contributed by atoms with Crippen LogP contribution in [-0.4, -0.2) is 35.9 Å². The summed E-state index contributed by atoms with van der Waals surface area (Å²) in [6, 6.07) is 11.8. The van der Waals surface area contributed by atoms with Crippen LogP contribution in [0.1, 0.15) is 25.0 Å². The number of aryl methyl sites for hydroxylation is 1. The molecule has 0 aliphatic heterocycles. The smallest absolute Gasteiger partial charge is 0.261 e. The zero-order valence-corrected chi connectivity index (χ0v) is 17.7. The van der Waals surface area contributed by atoms with Gasteiger partial charge in [-0.05, 0) is 56.2 Å². The molecule has 150 valence electrons. The number of nitrogens with one attached hydrogen (secondary N) is 1. The molecule has 0 saturated carbocycles. The van der Waals surface area contributed by atoms with Gasteiger partial charge in [0.25, 0.3) is 5.91 Å². The molecular weight excluding hydrogens is 399 g/mol. The first-order chi connectivity index (χ1) is 13.3. The molecule has 2 aromatic carbocycles. The van der Waals surface area contributed by atoms with Gasteiger partial charge in [-0.2, -0.15) is 0 Å². The number of ether oxygens (including phenoxy) is 1. The maximum atomic E-state index is 12.9. The van der Waals surface area contributed by atoms with Gasteiger partial charge in [0.1, 0.15) is 11.8 Å². The van der Waals surface area contributed by atoms with Crippen LogP contribution in [0.4, 0.5) is 0 Å². The summed E-state index contributed by atoms with van der Waals surface area (Å²) in [6.45, 7) is 5.87. The zero-order valence-electron chi connectivity index (χ0n) is 16.2. The Balaban J connectivity index is 2.16. The van der Waals surface area contributed by atoms with Gasteiger partial charge in [0.2, 0.25) is 5.91 Å². The Bertz CT molecular complexity index is 842. The molecule has 0 aromatic heterocycles. The third kappa shape index (κ3) is 5.88. The van der Waals surface area contributed by atoms with Crippen LogP contribution in [0.2, 0.25) is 10.0 Å². The van der Waals surface area contributed by atoms with E-state index >= 15 is 0 Å². The van der Waals surface area contributed by atoms with Gasteiger partial charge >= 0.3 is 0 Å². The Morgan fingerprint density at radius 3 is 2.50 bits per heavy atom. The van der Waals surface area contributed by atoms with E-state index < -0.39 is 6.04 Å². The lowest BCUT2D eigenvalue weighted by atomic mass is 10.1. The fraction of sp³-hybridized carbons (Fsp3) is 0.333. The monoisotopic (exact) mass is 422 g/mol. The number of nitrogens with zero attached hydrogens (tertiary/aromatic N) is 1. The van der Waals surface area contributed by atoms with Crippen molar-refractivity contribution in [1.82, 2.24) is 10.2 Å². The summed E-state index contributed by atoms with van der Waals surface area (Å²) >= 11 is 12.3. The van der Waals surface area contributed by atoms with E-state index in [2.05, 4.69) is 5.32 Å². The maximum Gasteiger partial charge on any atom is 0.261 e. The van der Waals surface area contributed by atoms with Crippen molar-refractivity contribution in [3.05, 3.63) is 63.6 Å². The minimum absolute atomic E-state index is 0.199. The van der Waals surface area contributed by atoms with Gasteiger partial charge in [-0.1, -0.05) is 41.4 Å². The summed E-state index contributed by atoms with van der Waals surface area (Å²) in [7, 11) is 0. The quantitative estimate of drug-likeness (QED) is 0.691. The lowest BCUT2D eigenvalue weighted by Gasteiger charge is -2.29. The number of benzene rings is 2. The second-order valence-electron chi connectivity index (χ2n) is 6.38. The molecule has 2 rings (SSSR count). The first kappa shape index (κ1) is 22.1. The molecule has 2 amide bonds. The minimum Gasteiger partial charge on any atom is -0.484 e. The van der Waals surface area contributed by atoms with E-state index in [0.29, 0.717) is 22.3 Å². The molecule has 0 heterocycles. The van der Waals surface area contributed by atoms with Crippen molar-refractivity contribution in [2.45, 2.75) is 33.4 Å². The highest BCUT2D eigenvalue weighted by atomic mass is 35.5. The van der Waals surface area contributed by atoms with E-state index in [-0.39, 0.29) is 25.0 Å². The fourth-order valence-electron chi connectivity index (χ4n) is 2.65. The van der Waals surface area contributed by atoms with E-state index in [4.69, 9.17) is 27.9 Å². The van der Waals surface area contributed by atoms with Crippen molar-refractivity contribution in [2.75, 3.05) is 13.2 Å². The number of rotatable bonds is 8. The summed E-state index contributed by atoms with van der Waals surface area (Å²) < 4.78 is 5.63. The van der Waals surface area contributed by atoms with Crippen LogP contribution in [0.3, 0.4) is 0 Å². The molecule has 1 unspecified atom stereocenters. The largest absolute Gasteiger partial charge is 0.484 e. The SMILES string of the molecule is CCNC(=O)C(C)N(Cc1ccccc1Cl)C(=O)COc1ccc(Cl)c(C)c1. The summed E-state index contributed by atoms with van der Waals surface area (Å²) in [5.41, 5.74) is 1.62. The van der Waals surface area contributed by atoms with Crippen molar-refractivity contribution in [2.24, 2.45) is 0 Å². The van der Waals surface area contributed by atoms with Crippen molar-refractivity contribution in [1.29, 1.82) is 0 Å². The van der Waals surface area contributed by atoms with Gasteiger partial charge in [-0.3, -0.25) is 9.59 Å². The van der Waals surface area contributed by atoms with Crippen LogP contribution in [-0.2, 0) is 16.1 Å². The highest BCUT2D eigenvalue weighted by molar-refractivity contribution is 6.31. The van der Waals surface area contributed by atoms with Gasteiger partial charge in [-0.25, -0.2) is 0 Å². The standard InChI is InChI=1S/C21H24Cl2N2O3/c1-4-24-21(27)15(3)25(12-16-7-5-6-8-19(16)23)20(26)13-28-17-9-10-18(22)14(2)11-17/h5-11,15H,4,12-13H2,1-3H3,(H,24,27). The second-order valence-corrected chi connectivity index (χ2v) is 7.20. The van der Waals surface area contributed by atoms with E-state index in [0.717, 1.165) is 11.1 Å². The Labute approximate surface area is 175 Å². The topological polar surface area (TPSA) is 58.6 Å². The van der Waals surface area contributed by atoms with E-state index in [9.17, 15) is 9.59 Å². The molecule has 0 bridgehead atoms. The molecule has 0 fully saturated rings. The van der Waals surface area contributed by atoms with E-state index in [1.54, 1.807) is 31.2 Å². The van der Waals surface area contributed by atoms with E-state index in [1.165, 1.54) is 4.90 Å². The molecule has 0 aliphatic rings. The van der Waals surface area contributed by atoms with Crippen LogP contribution >= 0.6 is 23.2 Å². The Morgan fingerprint density at radius 1 is 1.14 bits per heavy atom. The molecule has 0 spiro atoms. The van der Waals surface area contributed by atoms with Crippen molar-refractivity contribution >= 4 is 35.0 Å². The molecule has 7 heteroatoms. The highest BCUT2D eigenvalue weighted by Crippen LogP contribution is 2.22. The molecule has 2 aromatic rings. The van der Waals surface area contributed by atoms with Gasteiger partial charge in [-0.15, -0.1) is 0 Å². The van der Waals surface area contributed by atoms with Crippen LogP contribution in [0.25, 0.3) is 0 Å². The number of hydrogen-bond acceptors (Lipinski definition) is 3. The maximum absolute atomic E-state index is 12.9. The Hall–Kier alpha value is -2.24. The van der Waals surface area contributed by atoms with Crippen molar-refractivity contribution in [3.8, 4) is 5.75 Å². The average Bonchev–Trinajstić information content (AvgIpc) is 2.67. The number of amides is 2. The molecule has 0 saturated heterocycles. The summed E-state index contributed by atoms with van der Waals surface area (Å²) in [4.78, 5) is 26.7. The van der Waals surface area contributed by atoms with Gasteiger partial charge in [0.15, 0.2) is 6.61 Å². The van der Waals surface area contributed by atoms with E-state index in [1.807, 2.05) is 32.0 Å². The summed E-state index contributed by atoms with van der Waals surface area (Å²) in [6.07, 6.45) is 0. The summed E-state index contributed by atoms with van der Waals surface area (Å²) in [5.74, 6) is -0.00452.